The minimum absolute atomic E-state index is 0.0166. The van der Waals surface area contributed by atoms with Crippen LogP contribution in [-0.4, -0.2) is 29.0 Å². The first kappa shape index (κ1) is 17.4. The van der Waals surface area contributed by atoms with E-state index in [0.717, 1.165) is 26.9 Å². The number of carbonyl (C=O) groups is 1. The molecule has 0 aliphatic heterocycles. The van der Waals surface area contributed by atoms with Gasteiger partial charge in [-0.2, -0.15) is 0 Å². The monoisotopic (exact) mass is 371 g/mol. The third-order valence-electron chi connectivity index (χ3n) is 3.40. The van der Waals surface area contributed by atoms with E-state index in [1.807, 2.05) is 53.9 Å². The zero-order valence-corrected chi connectivity index (χ0v) is 15.3. The second-order valence-electron chi connectivity index (χ2n) is 5.13. The quantitative estimate of drug-likeness (QED) is 0.643. The van der Waals surface area contributed by atoms with Crippen molar-refractivity contribution in [3.05, 3.63) is 58.8 Å². The van der Waals surface area contributed by atoms with E-state index in [1.54, 1.807) is 18.4 Å². The molecule has 2 aromatic heterocycles. The third kappa shape index (κ3) is 5.04. The van der Waals surface area contributed by atoms with Crippen molar-refractivity contribution in [2.45, 2.75) is 11.6 Å². The number of ether oxygens (including phenoxy) is 1. The molecule has 0 unspecified atom stereocenters. The number of methoxy groups -OCH3 is 1. The van der Waals surface area contributed by atoms with Gasteiger partial charge in [0.15, 0.2) is 0 Å². The van der Waals surface area contributed by atoms with Gasteiger partial charge >= 0.3 is 0 Å². The first-order chi connectivity index (χ1) is 12.2. The highest BCUT2D eigenvalue weighted by molar-refractivity contribution is 7.99. The Hall–Kier alpha value is -2.38. The van der Waals surface area contributed by atoms with Crippen LogP contribution in [0.4, 0.5) is 0 Å². The molecule has 0 aliphatic rings. The van der Waals surface area contributed by atoms with Crippen LogP contribution in [0, 0.1) is 0 Å². The molecule has 7 heteroatoms. The summed E-state index contributed by atoms with van der Waals surface area (Å²) in [5, 5.41) is 14.0. The summed E-state index contributed by atoms with van der Waals surface area (Å²) in [5.41, 5.74) is 1.71. The number of carbonyl (C=O) groups excluding carboxylic acids is 1. The lowest BCUT2D eigenvalue weighted by atomic mass is 10.1. The van der Waals surface area contributed by atoms with Gasteiger partial charge in [-0.15, -0.1) is 21.5 Å². The van der Waals surface area contributed by atoms with Crippen molar-refractivity contribution < 1.29 is 9.53 Å². The van der Waals surface area contributed by atoms with Crippen LogP contribution in [0.1, 0.15) is 4.88 Å². The highest BCUT2D eigenvalue weighted by Gasteiger charge is 2.06. The summed E-state index contributed by atoms with van der Waals surface area (Å²) >= 11 is 3.00. The number of rotatable bonds is 7. The summed E-state index contributed by atoms with van der Waals surface area (Å²) in [5.74, 6) is 1.08. The predicted octanol–water partition coefficient (Wildman–Crippen LogP) is 3.62. The number of aromatic nitrogens is 2. The van der Waals surface area contributed by atoms with Crippen LogP contribution in [0.25, 0.3) is 11.3 Å². The number of nitrogens with one attached hydrogen (secondary N) is 1. The fraction of sp³-hybridized carbons (Fsp3) is 0.167. The Morgan fingerprint density at radius 2 is 2.12 bits per heavy atom. The summed E-state index contributed by atoms with van der Waals surface area (Å²) in [4.78, 5) is 13.0. The van der Waals surface area contributed by atoms with Crippen molar-refractivity contribution in [3.63, 3.8) is 0 Å². The van der Waals surface area contributed by atoms with Crippen LogP contribution < -0.4 is 10.1 Å². The molecule has 1 amide bonds. The van der Waals surface area contributed by atoms with Crippen LogP contribution in [0.15, 0.2) is 58.9 Å². The van der Waals surface area contributed by atoms with E-state index in [1.165, 1.54) is 11.8 Å². The number of benzene rings is 1. The lowest BCUT2D eigenvalue weighted by molar-refractivity contribution is -0.118. The van der Waals surface area contributed by atoms with Crippen LogP contribution in [0.5, 0.6) is 5.75 Å². The third-order valence-corrected chi connectivity index (χ3v) is 5.19. The van der Waals surface area contributed by atoms with Crippen molar-refractivity contribution in [3.8, 4) is 17.0 Å². The molecule has 1 aromatic carbocycles. The average molecular weight is 371 g/mol. The molecule has 3 rings (SSSR count). The summed E-state index contributed by atoms with van der Waals surface area (Å²) in [7, 11) is 1.63. The molecule has 25 heavy (non-hydrogen) atoms. The largest absolute Gasteiger partial charge is 0.497 e. The Kier molecular flexibility index (Phi) is 6.03. The van der Waals surface area contributed by atoms with Gasteiger partial charge in [-0.25, -0.2) is 0 Å². The van der Waals surface area contributed by atoms with Gasteiger partial charge in [0.1, 0.15) is 10.8 Å². The molecule has 0 aliphatic carbocycles. The van der Waals surface area contributed by atoms with Gasteiger partial charge in [0, 0.05) is 10.4 Å². The summed E-state index contributed by atoms with van der Waals surface area (Å²) in [6.45, 7) is 0.567. The summed E-state index contributed by atoms with van der Waals surface area (Å²) in [6, 6.07) is 15.4. The van der Waals surface area contributed by atoms with Crippen molar-refractivity contribution in [2.24, 2.45) is 0 Å². The van der Waals surface area contributed by atoms with Crippen molar-refractivity contribution in [2.75, 3.05) is 12.9 Å². The van der Waals surface area contributed by atoms with Gasteiger partial charge in [0.25, 0.3) is 0 Å². The molecule has 0 saturated heterocycles. The fourth-order valence-corrected chi connectivity index (χ4v) is 3.41. The number of thioether (sulfide) groups is 1. The Morgan fingerprint density at radius 3 is 2.84 bits per heavy atom. The molecule has 0 bridgehead atoms. The highest BCUT2D eigenvalue weighted by Crippen LogP contribution is 2.23. The van der Waals surface area contributed by atoms with Gasteiger partial charge in [0.05, 0.1) is 25.1 Å². The number of thiophene rings is 1. The molecule has 1 N–H and O–H groups in total. The van der Waals surface area contributed by atoms with E-state index < -0.39 is 0 Å². The van der Waals surface area contributed by atoms with Crippen molar-refractivity contribution in [1.82, 2.24) is 15.5 Å². The normalized spacial score (nSPS) is 10.4. The minimum atomic E-state index is -0.0166. The lowest BCUT2D eigenvalue weighted by Gasteiger charge is -2.05. The van der Waals surface area contributed by atoms with Gasteiger partial charge in [-0.05, 0) is 35.7 Å². The Balaban J connectivity index is 1.52. The van der Waals surface area contributed by atoms with E-state index in [9.17, 15) is 4.79 Å². The molecule has 5 nitrogen and oxygen atoms in total. The zero-order chi connectivity index (χ0) is 17.5. The zero-order valence-electron chi connectivity index (χ0n) is 13.6. The molecule has 0 fully saturated rings. The first-order valence-corrected chi connectivity index (χ1v) is 9.51. The topological polar surface area (TPSA) is 64.1 Å². The Morgan fingerprint density at radius 1 is 1.20 bits per heavy atom. The van der Waals surface area contributed by atoms with Gasteiger partial charge in [-0.3, -0.25) is 4.79 Å². The average Bonchev–Trinajstić information content (AvgIpc) is 3.19. The van der Waals surface area contributed by atoms with Crippen LogP contribution in [-0.2, 0) is 11.3 Å². The molecule has 0 radical (unpaired) electrons. The summed E-state index contributed by atoms with van der Waals surface area (Å²) < 4.78 is 5.22. The maximum atomic E-state index is 11.9. The SMILES string of the molecule is COc1cccc(-c2ccc(SCC(=O)NCc3cccs3)nn2)c1. The van der Waals surface area contributed by atoms with E-state index in [0.29, 0.717) is 12.3 Å². The van der Waals surface area contributed by atoms with E-state index in [4.69, 9.17) is 4.74 Å². The molecular formula is C18H17N3O2S2. The number of nitrogens with zero attached hydrogens (tertiary/aromatic N) is 2. The van der Waals surface area contributed by atoms with Gasteiger partial charge in [-0.1, -0.05) is 30.0 Å². The minimum Gasteiger partial charge on any atom is -0.497 e. The molecular weight excluding hydrogens is 354 g/mol. The predicted molar refractivity (Wildman–Crippen MR) is 101 cm³/mol. The van der Waals surface area contributed by atoms with Crippen molar-refractivity contribution >= 4 is 29.0 Å². The van der Waals surface area contributed by atoms with Crippen molar-refractivity contribution in [1.29, 1.82) is 0 Å². The number of hydrogen-bond donors (Lipinski definition) is 1. The smallest absolute Gasteiger partial charge is 0.230 e. The van der Waals surface area contributed by atoms with E-state index >= 15 is 0 Å². The van der Waals surface area contributed by atoms with Crippen LogP contribution >= 0.6 is 23.1 Å². The van der Waals surface area contributed by atoms with Crippen LogP contribution in [0.2, 0.25) is 0 Å². The fourth-order valence-electron chi connectivity index (χ4n) is 2.12. The second-order valence-corrected chi connectivity index (χ2v) is 7.16. The Bertz CT molecular complexity index is 821. The lowest BCUT2D eigenvalue weighted by Crippen LogP contribution is -2.24. The highest BCUT2D eigenvalue weighted by atomic mass is 32.2. The molecule has 0 spiro atoms. The molecule has 3 aromatic rings. The van der Waals surface area contributed by atoms with E-state index in [2.05, 4.69) is 15.5 Å². The Labute approximate surface area is 154 Å². The maximum Gasteiger partial charge on any atom is 0.230 e. The molecule has 2 heterocycles. The molecule has 0 saturated carbocycles. The second kappa shape index (κ2) is 8.64. The number of hydrogen-bond acceptors (Lipinski definition) is 6. The summed E-state index contributed by atoms with van der Waals surface area (Å²) in [6.07, 6.45) is 0. The van der Waals surface area contributed by atoms with E-state index in [-0.39, 0.29) is 5.91 Å². The molecule has 128 valence electrons. The first-order valence-electron chi connectivity index (χ1n) is 7.64. The standard InChI is InChI=1S/C18H17N3O2S2/c1-23-14-5-2-4-13(10-14)16-7-8-18(21-20-16)25-12-17(22)19-11-15-6-3-9-24-15/h2-10H,11-12H2,1H3,(H,19,22). The van der Waals surface area contributed by atoms with Gasteiger partial charge < -0.3 is 10.1 Å². The maximum absolute atomic E-state index is 11.9. The van der Waals surface area contributed by atoms with Gasteiger partial charge in [0.2, 0.25) is 5.91 Å². The number of amides is 1. The van der Waals surface area contributed by atoms with Crippen LogP contribution in [0.3, 0.4) is 0 Å². The molecule has 0 atom stereocenters.